The van der Waals surface area contributed by atoms with Gasteiger partial charge in [-0.25, -0.2) is 0 Å². The summed E-state index contributed by atoms with van der Waals surface area (Å²) in [7, 11) is 0. The fourth-order valence-electron chi connectivity index (χ4n) is 1.36. The molecular formula is C15H23NOS. The molecule has 0 saturated carbocycles. The molecule has 0 fully saturated rings. The zero-order valence-corrected chi connectivity index (χ0v) is 12.6. The monoisotopic (exact) mass is 265 g/mol. The van der Waals surface area contributed by atoms with E-state index in [1.54, 1.807) is 11.8 Å². The van der Waals surface area contributed by atoms with Crippen LogP contribution in [0.1, 0.15) is 20.8 Å². The summed E-state index contributed by atoms with van der Waals surface area (Å²) in [6.07, 6.45) is 2.05. The Labute approximate surface area is 115 Å². The van der Waals surface area contributed by atoms with Gasteiger partial charge in [0.15, 0.2) is 0 Å². The van der Waals surface area contributed by atoms with E-state index in [-0.39, 0.29) is 5.54 Å². The average Bonchev–Trinajstić information content (AvgIpc) is 2.33. The molecule has 1 N–H and O–H groups in total. The van der Waals surface area contributed by atoms with E-state index in [9.17, 15) is 0 Å². The third-order valence-corrected chi connectivity index (χ3v) is 3.15. The van der Waals surface area contributed by atoms with Crippen molar-refractivity contribution in [2.75, 3.05) is 19.4 Å². The van der Waals surface area contributed by atoms with Gasteiger partial charge in [-0.3, -0.25) is 0 Å². The smallest absolute Gasteiger partial charge is 0.133 e. The lowest BCUT2D eigenvalue weighted by Gasteiger charge is -2.21. The molecule has 1 rings (SSSR count). The van der Waals surface area contributed by atoms with Crippen LogP contribution >= 0.6 is 11.8 Å². The van der Waals surface area contributed by atoms with Crippen molar-refractivity contribution in [3.05, 3.63) is 36.4 Å². The third-order valence-electron chi connectivity index (χ3n) is 2.37. The van der Waals surface area contributed by atoms with Crippen LogP contribution in [0, 0.1) is 0 Å². The quantitative estimate of drug-likeness (QED) is 0.625. The zero-order valence-electron chi connectivity index (χ0n) is 11.7. The van der Waals surface area contributed by atoms with Crippen molar-refractivity contribution < 1.29 is 4.74 Å². The van der Waals surface area contributed by atoms with Gasteiger partial charge < -0.3 is 10.1 Å². The Balaban J connectivity index is 2.43. The first-order chi connectivity index (χ1) is 8.42. The van der Waals surface area contributed by atoms with Crippen molar-refractivity contribution in [3.63, 3.8) is 0 Å². The topological polar surface area (TPSA) is 21.3 Å². The molecular weight excluding hydrogens is 242 g/mol. The van der Waals surface area contributed by atoms with E-state index in [4.69, 9.17) is 4.74 Å². The van der Waals surface area contributed by atoms with Gasteiger partial charge in [-0.05, 0) is 44.7 Å². The number of hydrogen-bond donors (Lipinski definition) is 1. The van der Waals surface area contributed by atoms with E-state index in [1.807, 2.05) is 18.2 Å². The number of ether oxygens (including phenoxy) is 1. The van der Waals surface area contributed by atoms with Gasteiger partial charge in [-0.2, -0.15) is 0 Å². The second-order valence-corrected chi connectivity index (χ2v) is 6.14. The molecule has 0 saturated heterocycles. The highest BCUT2D eigenvalue weighted by atomic mass is 32.2. The van der Waals surface area contributed by atoms with E-state index in [2.05, 4.69) is 45.0 Å². The van der Waals surface area contributed by atoms with E-state index >= 15 is 0 Å². The molecule has 18 heavy (non-hydrogen) atoms. The van der Waals surface area contributed by atoms with Gasteiger partial charge in [0, 0.05) is 17.0 Å². The van der Waals surface area contributed by atoms with Crippen molar-refractivity contribution in [2.45, 2.75) is 31.2 Å². The van der Waals surface area contributed by atoms with Crippen molar-refractivity contribution in [2.24, 2.45) is 0 Å². The molecule has 0 aromatic heterocycles. The van der Waals surface area contributed by atoms with E-state index in [1.165, 1.54) is 0 Å². The number of rotatable bonds is 6. The molecule has 0 aliphatic heterocycles. The van der Waals surface area contributed by atoms with Crippen LogP contribution in [-0.4, -0.2) is 24.9 Å². The second-order valence-electron chi connectivity index (χ2n) is 5.29. The Morgan fingerprint density at radius 3 is 2.61 bits per heavy atom. The Morgan fingerprint density at radius 1 is 1.33 bits per heavy atom. The second kappa shape index (κ2) is 6.86. The fraction of sp³-hybridized carbons (Fsp3) is 0.467. The first-order valence-electron chi connectivity index (χ1n) is 6.10. The molecule has 0 spiro atoms. The standard InChI is InChI=1S/C15H23NOS/c1-12(10-16-15(2,3)4)11-17-13-8-6-7-9-14(13)18-5/h6-9,16H,1,10-11H2,2-5H3. The van der Waals surface area contributed by atoms with Crippen LogP contribution < -0.4 is 10.1 Å². The average molecular weight is 265 g/mol. The minimum absolute atomic E-state index is 0.111. The van der Waals surface area contributed by atoms with E-state index < -0.39 is 0 Å². The lowest BCUT2D eigenvalue weighted by atomic mass is 10.1. The normalized spacial score (nSPS) is 11.3. The van der Waals surface area contributed by atoms with Gasteiger partial charge >= 0.3 is 0 Å². The van der Waals surface area contributed by atoms with Crippen LogP contribution in [0.4, 0.5) is 0 Å². The van der Waals surface area contributed by atoms with Crippen LogP contribution in [0.15, 0.2) is 41.3 Å². The van der Waals surface area contributed by atoms with Gasteiger partial charge in [0.25, 0.3) is 0 Å². The molecule has 0 unspecified atom stereocenters. The van der Waals surface area contributed by atoms with Crippen LogP contribution in [0.2, 0.25) is 0 Å². The summed E-state index contributed by atoms with van der Waals surface area (Å²) in [4.78, 5) is 1.16. The minimum Gasteiger partial charge on any atom is -0.488 e. The van der Waals surface area contributed by atoms with Crippen molar-refractivity contribution >= 4 is 11.8 Å². The van der Waals surface area contributed by atoms with Crippen LogP contribution in [-0.2, 0) is 0 Å². The van der Waals surface area contributed by atoms with Crippen LogP contribution in [0.25, 0.3) is 0 Å². The molecule has 0 bridgehead atoms. The lowest BCUT2D eigenvalue weighted by molar-refractivity contribution is 0.334. The Kier molecular flexibility index (Phi) is 5.76. The minimum atomic E-state index is 0.111. The third kappa shape index (κ3) is 5.61. The Hall–Kier alpha value is -0.930. The maximum atomic E-state index is 5.79. The highest BCUT2D eigenvalue weighted by Crippen LogP contribution is 2.27. The van der Waals surface area contributed by atoms with Gasteiger partial charge in [-0.15, -0.1) is 11.8 Å². The fourth-order valence-corrected chi connectivity index (χ4v) is 1.90. The first-order valence-corrected chi connectivity index (χ1v) is 7.32. The van der Waals surface area contributed by atoms with Gasteiger partial charge in [0.05, 0.1) is 0 Å². The Morgan fingerprint density at radius 2 is 2.00 bits per heavy atom. The molecule has 3 heteroatoms. The predicted molar refractivity (Wildman–Crippen MR) is 80.6 cm³/mol. The Bertz CT molecular complexity index is 396. The molecule has 0 amide bonds. The summed E-state index contributed by atoms with van der Waals surface area (Å²) < 4.78 is 5.79. The molecule has 100 valence electrons. The van der Waals surface area contributed by atoms with Crippen molar-refractivity contribution in [1.29, 1.82) is 0 Å². The molecule has 1 aromatic carbocycles. The highest BCUT2D eigenvalue weighted by molar-refractivity contribution is 7.98. The first kappa shape index (κ1) is 15.1. The van der Waals surface area contributed by atoms with E-state index in [0.717, 1.165) is 22.8 Å². The van der Waals surface area contributed by atoms with Crippen molar-refractivity contribution in [3.8, 4) is 5.75 Å². The summed E-state index contributed by atoms with van der Waals surface area (Å²) in [5.74, 6) is 0.932. The summed E-state index contributed by atoms with van der Waals surface area (Å²) in [5, 5.41) is 3.40. The number of para-hydroxylation sites is 1. The molecule has 0 heterocycles. The molecule has 1 aromatic rings. The molecule has 2 nitrogen and oxygen atoms in total. The van der Waals surface area contributed by atoms with Crippen LogP contribution in [0.5, 0.6) is 5.75 Å². The van der Waals surface area contributed by atoms with E-state index in [0.29, 0.717) is 6.61 Å². The SMILES string of the molecule is C=C(CNC(C)(C)C)COc1ccccc1SC. The van der Waals surface area contributed by atoms with Gasteiger partial charge in [-0.1, -0.05) is 18.7 Å². The number of nitrogens with one attached hydrogen (secondary N) is 1. The molecule has 0 aliphatic rings. The highest BCUT2D eigenvalue weighted by Gasteiger charge is 2.09. The summed E-state index contributed by atoms with van der Waals surface area (Å²) in [6, 6.07) is 8.08. The maximum absolute atomic E-state index is 5.79. The number of hydrogen-bond acceptors (Lipinski definition) is 3. The zero-order chi connectivity index (χ0) is 13.6. The number of benzene rings is 1. The van der Waals surface area contributed by atoms with Gasteiger partial charge in [0.1, 0.15) is 12.4 Å². The maximum Gasteiger partial charge on any atom is 0.133 e. The van der Waals surface area contributed by atoms with Gasteiger partial charge in [0.2, 0.25) is 0 Å². The molecule has 0 aliphatic carbocycles. The largest absolute Gasteiger partial charge is 0.488 e. The molecule has 0 atom stereocenters. The summed E-state index contributed by atoms with van der Waals surface area (Å²) in [6.45, 7) is 11.8. The summed E-state index contributed by atoms with van der Waals surface area (Å²) >= 11 is 1.69. The predicted octanol–water partition coefficient (Wildman–Crippen LogP) is 3.73. The number of thioether (sulfide) groups is 1. The van der Waals surface area contributed by atoms with Crippen molar-refractivity contribution in [1.82, 2.24) is 5.32 Å². The summed E-state index contributed by atoms with van der Waals surface area (Å²) in [5.41, 5.74) is 1.17. The lowest BCUT2D eigenvalue weighted by Crippen LogP contribution is -2.37. The van der Waals surface area contributed by atoms with Crippen LogP contribution in [0.3, 0.4) is 0 Å². The molecule has 0 radical (unpaired) electrons.